The van der Waals surface area contributed by atoms with Crippen LogP contribution in [-0.2, 0) is 12.3 Å². The summed E-state index contributed by atoms with van der Waals surface area (Å²) in [5.41, 5.74) is 1.09. The van der Waals surface area contributed by atoms with Gasteiger partial charge in [-0.15, -0.1) is 16.4 Å². The van der Waals surface area contributed by atoms with Crippen LogP contribution >= 0.6 is 34.7 Å². The molecule has 20 heavy (non-hydrogen) atoms. The Balaban J connectivity index is 1.69. The van der Waals surface area contributed by atoms with Crippen molar-refractivity contribution in [2.24, 2.45) is 0 Å². The molecule has 0 fully saturated rings. The molecule has 2 aromatic heterocycles. The second kappa shape index (κ2) is 6.39. The van der Waals surface area contributed by atoms with Gasteiger partial charge in [-0.2, -0.15) is 0 Å². The number of halogens is 1. The topological polar surface area (TPSA) is 43.6 Å². The van der Waals surface area contributed by atoms with Crippen LogP contribution in [0.3, 0.4) is 0 Å². The van der Waals surface area contributed by atoms with Crippen molar-refractivity contribution in [3.63, 3.8) is 0 Å². The minimum Gasteiger partial charge on any atom is -0.215 e. The third kappa shape index (κ3) is 3.20. The lowest BCUT2D eigenvalue weighted by Crippen LogP contribution is -2.02. The maximum absolute atomic E-state index is 6.15. The molecular weight excluding hydrogens is 312 g/mol. The Morgan fingerprint density at radius 2 is 2.10 bits per heavy atom. The normalized spacial score (nSPS) is 10.8. The van der Waals surface area contributed by atoms with Crippen LogP contribution in [0.4, 0.5) is 0 Å². The first kappa shape index (κ1) is 13.6. The van der Waals surface area contributed by atoms with Crippen molar-refractivity contribution in [3.8, 4) is 0 Å². The van der Waals surface area contributed by atoms with Crippen LogP contribution in [-0.4, -0.2) is 20.2 Å². The zero-order valence-corrected chi connectivity index (χ0v) is 12.8. The number of rotatable bonds is 5. The summed E-state index contributed by atoms with van der Waals surface area (Å²) < 4.78 is 1.81. The zero-order valence-electron chi connectivity index (χ0n) is 10.4. The van der Waals surface area contributed by atoms with Crippen LogP contribution in [0.1, 0.15) is 10.4 Å². The lowest BCUT2D eigenvalue weighted by molar-refractivity contribution is 0.608. The van der Waals surface area contributed by atoms with E-state index < -0.39 is 0 Å². The second-order valence-electron chi connectivity index (χ2n) is 4.08. The molecule has 0 unspecified atom stereocenters. The highest BCUT2D eigenvalue weighted by Crippen LogP contribution is 2.25. The van der Waals surface area contributed by atoms with Crippen LogP contribution in [0.15, 0.2) is 46.9 Å². The van der Waals surface area contributed by atoms with E-state index in [4.69, 9.17) is 11.6 Å². The third-order valence-corrected chi connectivity index (χ3v) is 4.94. The number of nitrogens with zero attached hydrogens (tertiary/aromatic N) is 4. The highest BCUT2D eigenvalue weighted by Gasteiger charge is 2.09. The summed E-state index contributed by atoms with van der Waals surface area (Å²) in [5, 5.41) is 15.5. The fourth-order valence-electron chi connectivity index (χ4n) is 1.71. The van der Waals surface area contributed by atoms with E-state index in [1.165, 1.54) is 4.88 Å². The monoisotopic (exact) mass is 322 g/mol. The van der Waals surface area contributed by atoms with Crippen molar-refractivity contribution in [1.29, 1.82) is 0 Å². The summed E-state index contributed by atoms with van der Waals surface area (Å²) in [6, 6.07) is 11.9. The van der Waals surface area contributed by atoms with Gasteiger partial charge in [0, 0.05) is 15.7 Å². The number of aromatic nitrogens is 4. The van der Waals surface area contributed by atoms with Crippen molar-refractivity contribution in [3.05, 3.63) is 57.2 Å². The van der Waals surface area contributed by atoms with Crippen molar-refractivity contribution in [1.82, 2.24) is 20.2 Å². The van der Waals surface area contributed by atoms with Crippen molar-refractivity contribution < 1.29 is 0 Å². The van der Waals surface area contributed by atoms with E-state index in [9.17, 15) is 0 Å². The molecule has 0 spiro atoms. The molecule has 0 saturated heterocycles. The van der Waals surface area contributed by atoms with Gasteiger partial charge in [-0.3, -0.25) is 0 Å². The summed E-state index contributed by atoms with van der Waals surface area (Å²) in [4.78, 5) is 1.23. The lowest BCUT2D eigenvalue weighted by atomic mass is 10.2. The van der Waals surface area contributed by atoms with Crippen LogP contribution in [0.25, 0.3) is 0 Å². The summed E-state index contributed by atoms with van der Waals surface area (Å²) in [5.74, 6) is 0.754. The molecule has 0 N–H and O–H groups in total. The van der Waals surface area contributed by atoms with Gasteiger partial charge in [-0.25, -0.2) is 4.68 Å². The van der Waals surface area contributed by atoms with E-state index in [1.54, 1.807) is 23.1 Å². The number of hydrogen-bond acceptors (Lipinski definition) is 5. The van der Waals surface area contributed by atoms with E-state index in [0.29, 0.717) is 6.54 Å². The number of thioether (sulfide) groups is 1. The Labute approximate surface area is 129 Å². The molecule has 7 heteroatoms. The molecule has 3 rings (SSSR count). The maximum Gasteiger partial charge on any atom is 0.209 e. The first-order valence-corrected chi connectivity index (χ1v) is 8.22. The fraction of sp³-hybridized carbons (Fsp3) is 0.154. The van der Waals surface area contributed by atoms with E-state index in [0.717, 1.165) is 21.5 Å². The minimum atomic E-state index is 0.704. The molecule has 0 aliphatic heterocycles. The molecule has 2 heterocycles. The second-order valence-corrected chi connectivity index (χ2v) is 6.46. The average Bonchev–Trinajstić information content (AvgIpc) is 3.10. The first-order chi connectivity index (χ1) is 9.83. The van der Waals surface area contributed by atoms with Gasteiger partial charge in [0.25, 0.3) is 0 Å². The lowest BCUT2D eigenvalue weighted by Gasteiger charge is -2.04. The third-order valence-electron chi connectivity index (χ3n) is 2.70. The van der Waals surface area contributed by atoms with Gasteiger partial charge < -0.3 is 0 Å². The van der Waals surface area contributed by atoms with Crippen LogP contribution in [0.5, 0.6) is 0 Å². The molecule has 0 aliphatic rings. The van der Waals surface area contributed by atoms with Gasteiger partial charge in [0.15, 0.2) is 0 Å². The smallest absolute Gasteiger partial charge is 0.209 e. The van der Waals surface area contributed by atoms with Gasteiger partial charge in [0.2, 0.25) is 5.16 Å². The summed E-state index contributed by atoms with van der Waals surface area (Å²) in [7, 11) is 0. The Kier molecular flexibility index (Phi) is 4.34. The molecule has 0 radical (unpaired) electrons. The fourth-order valence-corrected chi connectivity index (χ4v) is 3.56. The standard InChI is InChI=1S/C13H11ClN4S2/c14-12-6-2-1-4-10(12)9-20-13-15-16-17-18(13)8-11-5-3-7-19-11/h1-7H,8-9H2. The predicted octanol–water partition coefficient (Wildman–Crippen LogP) is 3.73. The molecule has 0 aliphatic carbocycles. The Morgan fingerprint density at radius 3 is 2.90 bits per heavy atom. The maximum atomic E-state index is 6.15. The number of hydrogen-bond donors (Lipinski definition) is 0. The summed E-state index contributed by atoms with van der Waals surface area (Å²) in [6.45, 7) is 0.704. The highest BCUT2D eigenvalue weighted by molar-refractivity contribution is 7.98. The largest absolute Gasteiger partial charge is 0.215 e. The Morgan fingerprint density at radius 1 is 1.20 bits per heavy atom. The summed E-state index contributed by atoms with van der Waals surface area (Å²) in [6.07, 6.45) is 0. The van der Waals surface area contributed by atoms with E-state index in [-0.39, 0.29) is 0 Å². The highest BCUT2D eigenvalue weighted by atomic mass is 35.5. The molecule has 0 saturated carbocycles. The van der Waals surface area contributed by atoms with Crippen LogP contribution in [0.2, 0.25) is 5.02 Å². The number of thiophene rings is 1. The van der Waals surface area contributed by atoms with Gasteiger partial charge in [-0.1, -0.05) is 47.6 Å². The molecule has 1 aromatic carbocycles. The van der Waals surface area contributed by atoms with Crippen LogP contribution < -0.4 is 0 Å². The van der Waals surface area contributed by atoms with E-state index in [1.807, 2.05) is 35.0 Å². The van der Waals surface area contributed by atoms with Gasteiger partial charge in [0.05, 0.1) is 6.54 Å². The van der Waals surface area contributed by atoms with Gasteiger partial charge in [0.1, 0.15) is 0 Å². The van der Waals surface area contributed by atoms with E-state index >= 15 is 0 Å². The molecule has 3 aromatic rings. The van der Waals surface area contributed by atoms with Crippen LogP contribution in [0, 0.1) is 0 Å². The van der Waals surface area contributed by atoms with Crippen molar-refractivity contribution in [2.75, 3.05) is 0 Å². The van der Waals surface area contributed by atoms with Crippen molar-refractivity contribution >= 4 is 34.7 Å². The quantitative estimate of drug-likeness (QED) is 0.671. The van der Waals surface area contributed by atoms with E-state index in [2.05, 4.69) is 27.0 Å². The SMILES string of the molecule is Clc1ccccc1CSc1nnnn1Cc1cccs1. The molecule has 0 amide bonds. The molecule has 0 atom stereocenters. The molecule has 102 valence electrons. The molecular formula is C13H11ClN4S2. The Bertz CT molecular complexity index is 681. The minimum absolute atomic E-state index is 0.704. The average molecular weight is 323 g/mol. The zero-order chi connectivity index (χ0) is 13.8. The molecule has 4 nitrogen and oxygen atoms in total. The number of tetrazole rings is 1. The Hall–Kier alpha value is -1.37. The van der Waals surface area contributed by atoms with Crippen molar-refractivity contribution in [2.45, 2.75) is 17.5 Å². The summed E-state index contributed by atoms with van der Waals surface area (Å²) >= 11 is 9.44. The first-order valence-electron chi connectivity index (χ1n) is 5.97. The number of benzene rings is 1. The van der Waals surface area contributed by atoms with Gasteiger partial charge >= 0.3 is 0 Å². The molecule has 0 bridgehead atoms. The van der Waals surface area contributed by atoms with Gasteiger partial charge in [-0.05, 0) is 33.5 Å². The predicted molar refractivity (Wildman–Crippen MR) is 82.3 cm³/mol.